The molecule has 2 bridgehead atoms. The van der Waals surface area contributed by atoms with Gasteiger partial charge < -0.3 is 20.4 Å². The molecule has 0 aromatic heterocycles. The number of carboxylic acid groups (broad SMARTS) is 1. The van der Waals surface area contributed by atoms with E-state index in [1.807, 2.05) is 0 Å². The van der Waals surface area contributed by atoms with E-state index in [-0.39, 0.29) is 6.54 Å². The van der Waals surface area contributed by atoms with Crippen molar-refractivity contribution in [3.05, 3.63) is 0 Å². The monoisotopic (exact) mass is 228 g/mol. The van der Waals surface area contributed by atoms with E-state index in [2.05, 4.69) is 10.2 Å². The zero-order valence-electron chi connectivity index (χ0n) is 9.65. The molecule has 0 radical (unpaired) electrons. The predicted molar refractivity (Wildman–Crippen MR) is 59.2 cm³/mol. The summed E-state index contributed by atoms with van der Waals surface area (Å²) in [6.45, 7) is 4.78. The second kappa shape index (κ2) is 4.31. The van der Waals surface area contributed by atoms with Crippen molar-refractivity contribution in [3.63, 3.8) is 0 Å². The van der Waals surface area contributed by atoms with Gasteiger partial charge in [0.25, 0.3) is 0 Å². The minimum atomic E-state index is -1.66. The average Bonchev–Trinajstić information content (AvgIpc) is 2.28. The number of nitrogens with one attached hydrogen (secondary N) is 1. The number of carbonyl (C=O) groups is 1. The third-order valence-electron chi connectivity index (χ3n) is 3.83. The molecule has 3 saturated heterocycles. The Morgan fingerprint density at radius 2 is 2.12 bits per heavy atom. The molecule has 3 fully saturated rings. The molecule has 16 heavy (non-hydrogen) atoms. The summed E-state index contributed by atoms with van der Waals surface area (Å²) in [4.78, 5) is 13.1. The van der Waals surface area contributed by atoms with Crippen LogP contribution in [-0.4, -0.2) is 58.9 Å². The lowest BCUT2D eigenvalue weighted by atomic mass is 9.84. The largest absolute Gasteiger partial charge is 0.479 e. The Kier molecular flexibility index (Phi) is 3.19. The van der Waals surface area contributed by atoms with E-state index in [9.17, 15) is 9.90 Å². The van der Waals surface area contributed by atoms with Crippen molar-refractivity contribution in [1.29, 1.82) is 0 Å². The minimum Gasteiger partial charge on any atom is -0.479 e. The smallest absolute Gasteiger partial charge is 0.336 e. The number of nitrogens with zero attached hydrogens (tertiary/aromatic N) is 1. The van der Waals surface area contributed by atoms with Gasteiger partial charge in [0.05, 0.1) is 0 Å². The van der Waals surface area contributed by atoms with Crippen LogP contribution in [0.15, 0.2) is 0 Å². The van der Waals surface area contributed by atoms with Gasteiger partial charge in [-0.25, -0.2) is 4.79 Å². The number of fused-ring (bicyclic) bond motifs is 3. The molecule has 3 aliphatic rings. The first-order valence-corrected chi connectivity index (χ1v) is 5.90. The van der Waals surface area contributed by atoms with E-state index < -0.39 is 11.6 Å². The van der Waals surface area contributed by atoms with Crippen molar-refractivity contribution in [2.45, 2.75) is 31.4 Å². The lowest BCUT2D eigenvalue weighted by molar-refractivity contribution is -0.156. The summed E-state index contributed by atoms with van der Waals surface area (Å²) in [5.74, 6) is -0.518. The maximum atomic E-state index is 10.8. The van der Waals surface area contributed by atoms with E-state index >= 15 is 0 Å². The topological polar surface area (TPSA) is 72.8 Å². The van der Waals surface area contributed by atoms with Crippen LogP contribution in [0.5, 0.6) is 0 Å². The first-order chi connectivity index (χ1) is 7.49. The van der Waals surface area contributed by atoms with Gasteiger partial charge in [-0.15, -0.1) is 0 Å². The second-order valence-electron chi connectivity index (χ2n) is 5.20. The molecule has 2 unspecified atom stereocenters. The van der Waals surface area contributed by atoms with E-state index in [0.29, 0.717) is 12.0 Å². The predicted octanol–water partition coefficient (Wildman–Crippen LogP) is -0.494. The number of carboxylic acids is 1. The van der Waals surface area contributed by atoms with Gasteiger partial charge in [-0.2, -0.15) is 0 Å². The minimum absolute atomic E-state index is 0.122. The number of hydrogen-bond donors (Lipinski definition) is 3. The molecule has 0 spiro atoms. The third-order valence-corrected chi connectivity index (χ3v) is 3.83. The van der Waals surface area contributed by atoms with Gasteiger partial charge in [0.1, 0.15) is 0 Å². The van der Waals surface area contributed by atoms with Crippen LogP contribution in [0.2, 0.25) is 0 Å². The van der Waals surface area contributed by atoms with Crippen LogP contribution < -0.4 is 5.32 Å². The normalized spacial score (nSPS) is 37.0. The van der Waals surface area contributed by atoms with E-state index in [0.717, 1.165) is 19.6 Å². The summed E-state index contributed by atoms with van der Waals surface area (Å²) in [5, 5.41) is 21.6. The van der Waals surface area contributed by atoms with Gasteiger partial charge in [0.15, 0.2) is 5.60 Å². The second-order valence-corrected chi connectivity index (χ2v) is 5.20. The highest BCUT2D eigenvalue weighted by atomic mass is 16.4. The zero-order valence-corrected chi connectivity index (χ0v) is 9.65. The number of piperidine rings is 3. The summed E-state index contributed by atoms with van der Waals surface area (Å²) in [6.07, 6.45) is 2.37. The fourth-order valence-corrected chi connectivity index (χ4v) is 2.60. The SMILES string of the molecule is CC(O)(CNC1CN2CCC1CC2)C(=O)O. The van der Waals surface area contributed by atoms with Crippen LogP contribution >= 0.6 is 0 Å². The van der Waals surface area contributed by atoms with Crippen molar-refractivity contribution in [3.8, 4) is 0 Å². The lowest BCUT2D eigenvalue weighted by Crippen LogP contribution is -2.59. The summed E-state index contributed by atoms with van der Waals surface area (Å²) >= 11 is 0. The molecule has 0 saturated carbocycles. The van der Waals surface area contributed by atoms with Crippen molar-refractivity contribution >= 4 is 5.97 Å². The highest BCUT2D eigenvalue weighted by Crippen LogP contribution is 2.27. The van der Waals surface area contributed by atoms with Crippen LogP contribution in [0.25, 0.3) is 0 Å². The summed E-state index contributed by atoms with van der Waals surface area (Å²) < 4.78 is 0. The number of aliphatic carboxylic acids is 1. The van der Waals surface area contributed by atoms with Crippen LogP contribution in [0.4, 0.5) is 0 Å². The standard InChI is InChI=1S/C11H20N2O3/c1-11(16,10(14)15)7-12-9-6-13-4-2-8(9)3-5-13/h8-9,12,16H,2-7H2,1H3,(H,14,15). The van der Waals surface area contributed by atoms with Crippen LogP contribution in [0.1, 0.15) is 19.8 Å². The fraction of sp³-hybridized carbons (Fsp3) is 0.909. The summed E-state index contributed by atoms with van der Waals surface area (Å²) in [5.41, 5.74) is -1.66. The maximum absolute atomic E-state index is 10.8. The summed E-state index contributed by atoms with van der Waals surface area (Å²) in [7, 11) is 0. The summed E-state index contributed by atoms with van der Waals surface area (Å²) in [6, 6.07) is 0.341. The molecule has 2 atom stereocenters. The Labute approximate surface area is 95.4 Å². The van der Waals surface area contributed by atoms with Gasteiger partial charge in [-0.3, -0.25) is 0 Å². The van der Waals surface area contributed by atoms with Gasteiger partial charge in [-0.05, 0) is 38.8 Å². The molecule has 3 rings (SSSR count). The molecular formula is C11H20N2O3. The molecule has 92 valence electrons. The van der Waals surface area contributed by atoms with Crippen LogP contribution in [-0.2, 0) is 4.79 Å². The van der Waals surface area contributed by atoms with Gasteiger partial charge in [-0.1, -0.05) is 0 Å². The van der Waals surface area contributed by atoms with E-state index in [1.54, 1.807) is 0 Å². The quantitative estimate of drug-likeness (QED) is 0.605. The molecular weight excluding hydrogens is 208 g/mol. The molecule has 0 aliphatic carbocycles. The van der Waals surface area contributed by atoms with Gasteiger partial charge >= 0.3 is 5.97 Å². The van der Waals surface area contributed by atoms with Crippen molar-refractivity contribution in [2.75, 3.05) is 26.2 Å². The number of rotatable bonds is 4. The van der Waals surface area contributed by atoms with Crippen molar-refractivity contribution in [2.24, 2.45) is 5.92 Å². The van der Waals surface area contributed by atoms with Gasteiger partial charge in [0.2, 0.25) is 0 Å². The first-order valence-electron chi connectivity index (χ1n) is 5.90. The molecule has 5 nitrogen and oxygen atoms in total. The molecule has 0 amide bonds. The Morgan fingerprint density at radius 1 is 1.50 bits per heavy atom. The lowest BCUT2D eigenvalue weighted by Gasteiger charge is -2.45. The van der Waals surface area contributed by atoms with Gasteiger partial charge in [0, 0.05) is 19.1 Å². The molecule has 3 heterocycles. The van der Waals surface area contributed by atoms with E-state index in [4.69, 9.17) is 5.11 Å². The fourth-order valence-electron chi connectivity index (χ4n) is 2.60. The Bertz CT molecular complexity index is 272. The van der Waals surface area contributed by atoms with Crippen molar-refractivity contribution < 1.29 is 15.0 Å². The molecule has 0 aromatic rings. The van der Waals surface area contributed by atoms with Crippen molar-refractivity contribution in [1.82, 2.24) is 10.2 Å². The third kappa shape index (κ3) is 2.36. The maximum Gasteiger partial charge on any atom is 0.336 e. The van der Waals surface area contributed by atoms with Crippen LogP contribution in [0.3, 0.4) is 0 Å². The average molecular weight is 228 g/mol. The molecule has 3 aliphatic heterocycles. The zero-order chi connectivity index (χ0) is 11.8. The highest BCUT2D eigenvalue weighted by molar-refractivity contribution is 5.76. The first kappa shape index (κ1) is 11.8. The van der Waals surface area contributed by atoms with E-state index in [1.165, 1.54) is 19.8 Å². The Morgan fingerprint density at radius 3 is 2.56 bits per heavy atom. The highest BCUT2D eigenvalue weighted by Gasteiger charge is 2.36. The van der Waals surface area contributed by atoms with Crippen LogP contribution in [0, 0.1) is 5.92 Å². The number of hydrogen-bond acceptors (Lipinski definition) is 4. The molecule has 0 aromatic carbocycles. The number of aliphatic hydroxyl groups is 1. The Hall–Kier alpha value is -0.650. The molecule has 3 N–H and O–H groups in total. The molecule has 5 heteroatoms. The Balaban J connectivity index is 1.84.